The van der Waals surface area contributed by atoms with Crippen molar-refractivity contribution in [3.8, 4) is 0 Å². The van der Waals surface area contributed by atoms with Crippen LogP contribution >= 0.6 is 11.6 Å². The number of amides is 1. The Kier molecular flexibility index (Phi) is 6.90. The van der Waals surface area contributed by atoms with E-state index in [0.29, 0.717) is 23.7 Å². The van der Waals surface area contributed by atoms with E-state index in [-0.39, 0.29) is 16.9 Å². The number of aliphatic hydroxyl groups is 1. The SMILES string of the molecule is CCN(CC)CCN1C(=O)C(=O)/C(=C(\O)c2ccc(F)cc2)C1c1cccc(Cl)c1. The highest BCUT2D eigenvalue weighted by Crippen LogP contribution is 2.39. The van der Waals surface area contributed by atoms with E-state index in [1.165, 1.54) is 29.2 Å². The summed E-state index contributed by atoms with van der Waals surface area (Å²) in [6.07, 6.45) is 0. The molecule has 30 heavy (non-hydrogen) atoms. The van der Waals surface area contributed by atoms with Gasteiger partial charge in [-0.05, 0) is 55.1 Å². The molecular formula is C23H24ClFN2O3. The second kappa shape index (κ2) is 9.41. The lowest BCUT2D eigenvalue weighted by molar-refractivity contribution is -0.140. The van der Waals surface area contributed by atoms with Crippen molar-refractivity contribution in [1.82, 2.24) is 9.80 Å². The first-order valence-corrected chi connectivity index (χ1v) is 10.3. The van der Waals surface area contributed by atoms with Crippen molar-refractivity contribution in [3.05, 3.63) is 76.1 Å². The Morgan fingerprint density at radius 1 is 1.13 bits per heavy atom. The topological polar surface area (TPSA) is 60.9 Å². The summed E-state index contributed by atoms with van der Waals surface area (Å²) in [5.41, 5.74) is 0.878. The van der Waals surface area contributed by atoms with Crippen molar-refractivity contribution >= 4 is 29.1 Å². The molecule has 0 bridgehead atoms. The molecule has 158 valence electrons. The van der Waals surface area contributed by atoms with Crippen LogP contribution in [0, 0.1) is 5.82 Å². The van der Waals surface area contributed by atoms with Crippen molar-refractivity contribution in [1.29, 1.82) is 0 Å². The van der Waals surface area contributed by atoms with E-state index < -0.39 is 23.5 Å². The molecule has 1 aliphatic heterocycles. The number of likely N-dealkylation sites (tertiary alicyclic amines) is 1. The molecule has 0 spiro atoms. The molecule has 0 aliphatic carbocycles. The van der Waals surface area contributed by atoms with E-state index in [4.69, 9.17) is 11.6 Å². The summed E-state index contributed by atoms with van der Waals surface area (Å²) in [5.74, 6) is -2.22. The molecule has 2 aromatic rings. The van der Waals surface area contributed by atoms with Crippen LogP contribution in [0.4, 0.5) is 4.39 Å². The predicted octanol–water partition coefficient (Wildman–Crippen LogP) is 4.24. The molecule has 1 saturated heterocycles. The molecular weight excluding hydrogens is 407 g/mol. The fraction of sp³-hybridized carbons (Fsp3) is 0.304. The van der Waals surface area contributed by atoms with E-state index in [2.05, 4.69) is 4.90 Å². The maximum Gasteiger partial charge on any atom is 0.295 e. The molecule has 1 amide bonds. The predicted molar refractivity (Wildman–Crippen MR) is 115 cm³/mol. The molecule has 7 heteroatoms. The maximum absolute atomic E-state index is 13.3. The number of aliphatic hydroxyl groups excluding tert-OH is 1. The lowest BCUT2D eigenvalue weighted by Gasteiger charge is -2.28. The summed E-state index contributed by atoms with van der Waals surface area (Å²) >= 11 is 6.16. The third-order valence-corrected chi connectivity index (χ3v) is 5.61. The van der Waals surface area contributed by atoms with E-state index >= 15 is 0 Å². The van der Waals surface area contributed by atoms with Crippen LogP contribution in [0.25, 0.3) is 5.76 Å². The Labute approximate surface area is 180 Å². The second-order valence-corrected chi connectivity index (χ2v) is 7.52. The van der Waals surface area contributed by atoms with Gasteiger partial charge in [0.2, 0.25) is 0 Å². The zero-order valence-corrected chi connectivity index (χ0v) is 17.7. The highest BCUT2D eigenvalue weighted by molar-refractivity contribution is 6.46. The number of ketones is 1. The number of carbonyl (C=O) groups is 2. The molecule has 1 unspecified atom stereocenters. The number of hydrogen-bond donors (Lipinski definition) is 1. The molecule has 3 rings (SSSR count). The first kappa shape index (κ1) is 22.0. The Balaban J connectivity index is 2.09. The highest BCUT2D eigenvalue weighted by atomic mass is 35.5. The van der Waals surface area contributed by atoms with Crippen LogP contribution in [-0.2, 0) is 9.59 Å². The minimum atomic E-state index is -0.774. The fourth-order valence-corrected chi connectivity index (χ4v) is 3.88. The van der Waals surface area contributed by atoms with Crippen molar-refractivity contribution in [2.75, 3.05) is 26.2 Å². The van der Waals surface area contributed by atoms with Gasteiger partial charge in [-0.2, -0.15) is 0 Å². The summed E-state index contributed by atoms with van der Waals surface area (Å²) in [4.78, 5) is 29.4. The summed E-state index contributed by atoms with van der Waals surface area (Å²) in [6.45, 7) is 6.61. The number of carbonyl (C=O) groups excluding carboxylic acids is 2. The fourth-order valence-electron chi connectivity index (χ4n) is 3.69. The van der Waals surface area contributed by atoms with Crippen LogP contribution < -0.4 is 0 Å². The highest BCUT2D eigenvalue weighted by Gasteiger charge is 2.46. The average molecular weight is 431 g/mol. The molecule has 0 aromatic heterocycles. The van der Waals surface area contributed by atoms with Gasteiger partial charge in [-0.25, -0.2) is 4.39 Å². The van der Waals surface area contributed by atoms with Gasteiger partial charge in [0, 0.05) is 23.7 Å². The van der Waals surface area contributed by atoms with E-state index in [1.807, 2.05) is 13.8 Å². The zero-order chi connectivity index (χ0) is 21.8. The van der Waals surface area contributed by atoms with Crippen molar-refractivity contribution in [2.24, 2.45) is 0 Å². The van der Waals surface area contributed by atoms with E-state index in [0.717, 1.165) is 13.1 Å². The minimum absolute atomic E-state index is 0.0200. The monoisotopic (exact) mass is 430 g/mol. The van der Waals surface area contributed by atoms with Gasteiger partial charge in [-0.3, -0.25) is 9.59 Å². The van der Waals surface area contributed by atoms with E-state index in [9.17, 15) is 19.1 Å². The third kappa shape index (κ3) is 4.40. The third-order valence-electron chi connectivity index (χ3n) is 5.37. The molecule has 1 atom stereocenters. The number of rotatable bonds is 7. The lowest BCUT2D eigenvalue weighted by Crippen LogP contribution is -2.38. The van der Waals surface area contributed by atoms with Crippen molar-refractivity contribution in [3.63, 3.8) is 0 Å². The Morgan fingerprint density at radius 3 is 2.40 bits per heavy atom. The first-order chi connectivity index (χ1) is 14.4. The summed E-state index contributed by atoms with van der Waals surface area (Å²) in [7, 11) is 0. The van der Waals surface area contributed by atoms with E-state index in [1.54, 1.807) is 24.3 Å². The number of halogens is 2. The summed E-state index contributed by atoms with van der Waals surface area (Å²) in [6, 6.07) is 11.3. The van der Waals surface area contributed by atoms with Crippen LogP contribution in [0.15, 0.2) is 54.1 Å². The lowest BCUT2D eigenvalue weighted by atomic mass is 9.95. The second-order valence-electron chi connectivity index (χ2n) is 7.08. The quantitative estimate of drug-likeness (QED) is 0.405. The van der Waals surface area contributed by atoms with Crippen molar-refractivity contribution in [2.45, 2.75) is 19.9 Å². The van der Waals surface area contributed by atoms with Crippen LogP contribution in [-0.4, -0.2) is 52.8 Å². The number of benzene rings is 2. The Bertz CT molecular complexity index is 971. The number of likely N-dealkylation sites (N-methyl/N-ethyl adjacent to an activating group) is 1. The van der Waals surface area contributed by atoms with Gasteiger partial charge in [0.15, 0.2) is 0 Å². The molecule has 1 aliphatic rings. The number of nitrogens with zero attached hydrogens (tertiary/aromatic N) is 2. The van der Waals surface area contributed by atoms with Gasteiger partial charge in [0.05, 0.1) is 11.6 Å². The number of Topliss-reactive ketones (excluding diaryl/α,β-unsaturated/α-hetero) is 1. The summed E-state index contributed by atoms with van der Waals surface area (Å²) in [5, 5.41) is 11.4. The molecule has 0 radical (unpaired) electrons. The molecule has 1 N–H and O–H groups in total. The number of hydrogen-bond acceptors (Lipinski definition) is 4. The minimum Gasteiger partial charge on any atom is -0.507 e. The van der Waals surface area contributed by atoms with Crippen LogP contribution in [0.3, 0.4) is 0 Å². The average Bonchev–Trinajstić information content (AvgIpc) is 2.99. The van der Waals surface area contributed by atoms with Gasteiger partial charge in [0.1, 0.15) is 11.6 Å². The van der Waals surface area contributed by atoms with Crippen LogP contribution in [0.2, 0.25) is 5.02 Å². The zero-order valence-electron chi connectivity index (χ0n) is 16.9. The van der Waals surface area contributed by atoms with Gasteiger partial charge < -0.3 is 14.9 Å². The van der Waals surface area contributed by atoms with Crippen molar-refractivity contribution < 1.29 is 19.1 Å². The maximum atomic E-state index is 13.3. The smallest absolute Gasteiger partial charge is 0.295 e. The van der Waals surface area contributed by atoms with Gasteiger partial charge in [-0.15, -0.1) is 0 Å². The Morgan fingerprint density at radius 2 is 1.80 bits per heavy atom. The molecule has 1 fully saturated rings. The van der Waals surface area contributed by atoms with Gasteiger partial charge in [-0.1, -0.05) is 37.6 Å². The first-order valence-electron chi connectivity index (χ1n) is 9.89. The summed E-state index contributed by atoms with van der Waals surface area (Å²) < 4.78 is 13.3. The Hall–Kier alpha value is -2.70. The van der Waals surface area contributed by atoms with Crippen LogP contribution in [0.1, 0.15) is 31.0 Å². The molecule has 5 nitrogen and oxygen atoms in total. The standard InChI is InChI=1S/C23H24ClFN2O3/c1-3-26(4-2)12-13-27-20(16-6-5-7-17(24)14-16)19(22(29)23(27)30)21(28)15-8-10-18(25)11-9-15/h5-11,14,20,28H,3-4,12-13H2,1-2H3/b21-19-. The van der Waals surface area contributed by atoms with Gasteiger partial charge >= 0.3 is 0 Å². The molecule has 0 saturated carbocycles. The van der Waals surface area contributed by atoms with Gasteiger partial charge in [0.25, 0.3) is 11.7 Å². The van der Waals surface area contributed by atoms with Crippen LogP contribution in [0.5, 0.6) is 0 Å². The molecule has 2 aromatic carbocycles. The largest absolute Gasteiger partial charge is 0.507 e. The normalized spacial score (nSPS) is 18.4. The molecule has 1 heterocycles.